The Hall–Kier alpha value is -2.88. The SMILES string of the molecule is O=C=c1cccc(P(c2ccccc2)c2ccccc2)c1=C=O.[CH2-]C.[Mn+2].c1cc[cH-]c1. The summed E-state index contributed by atoms with van der Waals surface area (Å²) in [5, 5.41) is 3.63. The Labute approximate surface area is 195 Å². The van der Waals surface area contributed by atoms with Gasteiger partial charge in [0.25, 0.3) is 0 Å². The first-order valence-electron chi connectivity index (χ1n) is 9.52. The van der Waals surface area contributed by atoms with Crippen LogP contribution in [0.25, 0.3) is 0 Å². The molecular formula is C27H23MnO2P. The number of benzene rings is 3. The normalized spacial score (nSPS) is 9.00. The molecule has 4 aromatic carbocycles. The molecule has 0 spiro atoms. The topological polar surface area (TPSA) is 34.1 Å². The minimum absolute atomic E-state index is 0. The molecule has 0 aliphatic heterocycles. The Balaban J connectivity index is 0.000000520. The maximum atomic E-state index is 11.5. The quantitative estimate of drug-likeness (QED) is 0.265. The van der Waals surface area contributed by atoms with Crippen LogP contribution in [0.4, 0.5) is 0 Å². The van der Waals surface area contributed by atoms with Crippen LogP contribution in [0.2, 0.25) is 0 Å². The minimum atomic E-state index is -0.936. The second kappa shape index (κ2) is 15.0. The van der Waals surface area contributed by atoms with Crippen LogP contribution in [-0.4, -0.2) is 11.9 Å². The fraction of sp³-hybridized carbons (Fsp3) is 0.0370. The number of rotatable bonds is 3. The summed E-state index contributed by atoms with van der Waals surface area (Å²) < 4.78 is 0. The van der Waals surface area contributed by atoms with Gasteiger partial charge >= 0.3 is 17.1 Å². The molecule has 0 heterocycles. The van der Waals surface area contributed by atoms with Crippen molar-refractivity contribution in [3.63, 3.8) is 0 Å². The third-order valence-electron chi connectivity index (χ3n) is 4.08. The zero-order chi connectivity index (χ0) is 21.6. The first kappa shape index (κ1) is 26.2. The van der Waals surface area contributed by atoms with Crippen molar-refractivity contribution in [3.05, 3.63) is 127 Å². The molecule has 0 bridgehead atoms. The summed E-state index contributed by atoms with van der Waals surface area (Å²) >= 11 is 0. The molecule has 0 saturated heterocycles. The first-order valence-corrected chi connectivity index (χ1v) is 10.9. The van der Waals surface area contributed by atoms with Gasteiger partial charge in [-0.05, 0) is 24.6 Å². The summed E-state index contributed by atoms with van der Waals surface area (Å²) in [5.74, 6) is 3.78. The van der Waals surface area contributed by atoms with Crippen molar-refractivity contribution in [1.82, 2.24) is 0 Å². The summed E-state index contributed by atoms with van der Waals surface area (Å²) in [6.45, 7) is 5.00. The largest absolute Gasteiger partial charge is 2.00 e. The van der Waals surface area contributed by atoms with E-state index in [0.29, 0.717) is 5.22 Å². The van der Waals surface area contributed by atoms with Crippen LogP contribution in [0.3, 0.4) is 0 Å². The third-order valence-corrected chi connectivity index (χ3v) is 6.56. The Morgan fingerprint density at radius 1 is 0.677 bits per heavy atom. The van der Waals surface area contributed by atoms with Crippen LogP contribution >= 0.6 is 7.92 Å². The predicted octanol–water partition coefficient (Wildman–Crippen LogP) is 2.69. The van der Waals surface area contributed by atoms with Crippen molar-refractivity contribution >= 4 is 35.7 Å². The zero-order valence-corrected chi connectivity index (χ0v) is 19.3. The monoisotopic (exact) mass is 465 g/mol. The van der Waals surface area contributed by atoms with Crippen LogP contribution < -0.4 is 26.4 Å². The molecule has 0 saturated carbocycles. The van der Waals surface area contributed by atoms with Crippen molar-refractivity contribution in [3.8, 4) is 0 Å². The molecule has 0 N–H and O–H groups in total. The fourth-order valence-corrected chi connectivity index (χ4v) is 5.24. The van der Waals surface area contributed by atoms with E-state index in [9.17, 15) is 9.59 Å². The smallest absolute Gasteiger partial charge is 0.346 e. The summed E-state index contributed by atoms with van der Waals surface area (Å²) in [7, 11) is -0.936. The van der Waals surface area contributed by atoms with E-state index in [-0.39, 0.29) is 22.3 Å². The first-order chi connectivity index (χ1) is 14.8. The van der Waals surface area contributed by atoms with E-state index < -0.39 is 7.92 Å². The van der Waals surface area contributed by atoms with E-state index in [1.165, 1.54) is 0 Å². The second-order valence-corrected chi connectivity index (χ2v) is 8.06. The van der Waals surface area contributed by atoms with Gasteiger partial charge in [0, 0.05) is 5.30 Å². The molecule has 0 aliphatic carbocycles. The fourth-order valence-electron chi connectivity index (χ4n) is 2.82. The molecule has 155 valence electrons. The van der Waals surface area contributed by atoms with Crippen LogP contribution in [0, 0.1) is 6.92 Å². The van der Waals surface area contributed by atoms with Crippen LogP contribution in [0.5, 0.6) is 0 Å². The van der Waals surface area contributed by atoms with E-state index in [2.05, 4.69) is 6.92 Å². The Bertz CT molecular complexity index is 1110. The van der Waals surface area contributed by atoms with Crippen molar-refractivity contribution in [2.45, 2.75) is 6.92 Å². The molecule has 4 aromatic rings. The van der Waals surface area contributed by atoms with Gasteiger partial charge in [-0.1, -0.05) is 72.8 Å². The van der Waals surface area contributed by atoms with E-state index >= 15 is 0 Å². The van der Waals surface area contributed by atoms with E-state index in [1.807, 2.05) is 109 Å². The molecule has 4 rings (SSSR count). The van der Waals surface area contributed by atoms with Gasteiger partial charge in [-0.2, -0.15) is 25.1 Å². The van der Waals surface area contributed by atoms with E-state index in [1.54, 1.807) is 19.1 Å². The molecule has 0 atom stereocenters. The molecule has 31 heavy (non-hydrogen) atoms. The van der Waals surface area contributed by atoms with Crippen molar-refractivity contribution < 1.29 is 26.7 Å². The molecule has 2 nitrogen and oxygen atoms in total. The molecule has 0 unspecified atom stereocenters. The van der Waals surface area contributed by atoms with Crippen molar-refractivity contribution in [2.24, 2.45) is 0 Å². The van der Waals surface area contributed by atoms with E-state index in [4.69, 9.17) is 0 Å². The van der Waals surface area contributed by atoms with Gasteiger partial charge in [-0.3, -0.25) is 0 Å². The molecule has 0 aliphatic rings. The second-order valence-electron chi connectivity index (χ2n) is 5.87. The Morgan fingerprint density at radius 3 is 1.58 bits per heavy atom. The number of carbonyl (C=O) groups excluding carboxylic acids is 2. The van der Waals surface area contributed by atoms with Gasteiger partial charge < -0.3 is 6.92 Å². The van der Waals surface area contributed by atoms with E-state index in [0.717, 1.165) is 15.9 Å². The van der Waals surface area contributed by atoms with Gasteiger partial charge in [0.05, 0.1) is 10.4 Å². The molecule has 0 fully saturated rings. The maximum Gasteiger partial charge on any atom is 2.00 e. The van der Waals surface area contributed by atoms with Gasteiger partial charge in [0.15, 0.2) is 0 Å². The number of hydrogen-bond acceptors (Lipinski definition) is 2. The van der Waals surface area contributed by atoms with Crippen molar-refractivity contribution in [1.29, 1.82) is 0 Å². The summed E-state index contributed by atoms with van der Waals surface area (Å²) in [4.78, 5) is 22.6. The van der Waals surface area contributed by atoms with Gasteiger partial charge in [0.1, 0.15) is 11.9 Å². The van der Waals surface area contributed by atoms with Crippen molar-refractivity contribution in [2.75, 3.05) is 0 Å². The standard InChI is InChI=1S/C20H13O2P.C5H5.C2H5.Mn/c21-14-16-8-7-13-20(19(16)15-22)23(17-9-3-1-4-10-17)18-11-5-2-6-12-18;1-2-4-5-3-1;1-2;/h1-13H;1-5H;1H2,2H3;/q;2*-1;+2. The summed E-state index contributed by atoms with van der Waals surface area (Å²) in [6.07, 6.45) is 0. The number of hydrogen-bond donors (Lipinski definition) is 0. The summed E-state index contributed by atoms with van der Waals surface area (Å²) in [6, 6.07) is 35.3. The van der Waals surface area contributed by atoms with Gasteiger partial charge in [0.2, 0.25) is 0 Å². The Morgan fingerprint density at radius 2 is 1.19 bits per heavy atom. The molecule has 0 aromatic heterocycles. The third kappa shape index (κ3) is 7.39. The maximum absolute atomic E-state index is 11.5. The van der Waals surface area contributed by atoms with Crippen LogP contribution in [0.15, 0.2) is 109 Å². The Kier molecular flexibility index (Phi) is 12.7. The zero-order valence-electron chi connectivity index (χ0n) is 17.2. The molecule has 0 amide bonds. The average Bonchev–Trinajstić information content (AvgIpc) is 3.42. The molecular weight excluding hydrogens is 442 g/mol. The predicted molar refractivity (Wildman–Crippen MR) is 127 cm³/mol. The molecule has 4 heteroatoms. The van der Waals surface area contributed by atoms with Crippen LogP contribution in [0.1, 0.15) is 6.92 Å². The summed E-state index contributed by atoms with van der Waals surface area (Å²) in [5.41, 5.74) is 0. The molecule has 1 radical (unpaired) electrons. The van der Waals surface area contributed by atoms with Gasteiger partial charge in [-0.15, -0.1) is 0 Å². The van der Waals surface area contributed by atoms with Crippen LogP contribution in [-0.2, 0) is 26.7 Å². The average molecular weight is 465 g/mol. The minimum Gasteiger partial charge on any atom is -0.346 e. The van der Waals surface area contributed by atoms with Gasteiger partial charge in [-0.25, -0.2) is 21.7 Å².